The van der Waals surface area contributed by atoms with Gasteiger partial charge in [0.2, 0.25) is 0 Å². The van der Waals surface area contributed by atoms with Crippen molar-refractivity contribution in [1.29, 1.82) is 0 Å². The Kier molecular flexibility index (Phi) is 5.60. The highest BCUT2D eigenvalue weighted by molar-refractivity contribution is 5.74. The maximum Gasteiger partial charge on any atom is 0.147 e. The lowest BCUT2D eigenvalue weighted by atomic mass is 9.66. The number of aromatic nitrogens is 3. The van der Waals surface area contributed by atoms with Crippen LogP contribution in [0.3, 0.4) is 0 Å². The molecule has 0 amide bonds. The second kappa shape index (κ2) is 8.02. The van der Waals surface area contributed by atoms with Gasteiger partial charge in [0.25, 0.3) is 0 Å². The van der Waals surface area contributed by atoms with E-state index in [0.29, 0.717) is 5.69 Å². The Morgan fingerprint density at radius 2 is 1.27 bits per heavy atom. The number of phenolic OH excluding ortho intramolecular Hbond substituents is 1. The van der Waals surface area contributed by atoms with E-state index in [1.807, 2.05) is 36.4 Å². The van der Waals surface area contributed by atoms with E-state index in [1.54, 1.807) is 4.80 Å². The van der Waals surface area contributed by atoms with Crippen molar-refractivity contribution in [3.63, 3.8) is 0 Å². The van der Waals surface area contributed by atoms with Crippen molar-refractivity contribution >= 4 is 11.0 Å². The van der Waals surface area contributed by atoms with Crippen molar-refractivity contribution in [2.24, 2.45) is 5.41 Å². The van der Waals surface area contributed by atoms with E-state index in [0.717, 1.165) is 28.6 Å². The summed E-state index contributed by atoms with van der Waals surface area (Å²) in [5.41, 5.74) is 5.06. The SMILES string of the molecule is CC(C)(C)CC(C)(C)c1c(C(C)(C)c2ccccc2)ccc(-n2nc3ccccc3n2)c1O. The monoisotopic (exact) mass is 441 g/mol. The van der Waals surface area contributed by atoms with Crippen LogP contribution in [0.25, 0.3) is 16.7 Å². The molecule has 0 fully saturated rings. The topological polar surface area (TPSA) is 50.9 Å². The molecule has 172 valence electrons. The van der Waals surface area contributed by atoms with Crippen molar-refractivity contribution in [2.45, 2.75) is 65.7 Å². The summed E-state index contributed by atoms with van der Waals surface area (Å²) >= 11 is 0. The summed E-state index contributed by atoms with van der Waals surface area (Å²) in [5.74, 6) is 0.256. The first-order valence-corrected chi connectivity index (χ1v) is 11.7. The van der Waals surface area contributed by atoms with Gasteiger partial charge in [0.15, 0.2) is 0 Å². The summed E-state index contributed by atoms with van der Waals surface area (Å²) in [6, 6.07) is 22.4. The highest BCUT2D eigenvalue weighted by Crippen LogP contribution is 2.48. The number of hydrogen-bond acceptors (Lipinski definition) is 3. The zero-order chi connectivity index (χ0) is 24.0. The first kappa shape index (κ1) is 23.0. The molecule has 0 spiro atoms. The third-order valence-corrected chi connectivity index (χ3v) is 6.48. The van der Waals surface area contributed by atoms with Gasteiger partial charge in [-0.3, -0.25) is 0 Å². The van der Waals surface area contributed by atoms with Crippen molar-refractivity contribution in [2.75, 3.05) is 0 Å². The molecule has 1 aromatic heterocycles. The predicted octanol–water partition coefficient (Wildman–Crippen LogP) is 7.17. The average molecular weight is 442 g/mol. The first-order chi connectivity index (χ1) is 15.4. The lowest BCUT2D eigenvalue weighted by Gasteiger charge is -2.39. The van der Waals surface area contributed by atoms with Gasteiger partial charge in [0, 0.05) is 11.0 Å². The minimum Gasteiger partial charge on any atom is -0.505 e. The lowest BCUT2D eigenvalue weighted by molar-refractivity contribution is 0.275. The molecule has 1 N–H and O–H groups in total. The van der Waals surface area contributed by atoms with E-state index in [2.05, 4.69) is 89.0 Å². The molecule has 1 heterocycles. The largest absolute Gasteiger partial charge is 0.505 e. The Morgan fingerprint density at radius 1 is 0.727 bits per heavy atom. The summed E-state index contributed by atoms with van der Waals surface area (Å²) < 4.78 is 0. The van der Waals surface area contributed by atoms with Crippen molar-refractivity contribution < 1.29 is 5.11 Å². The van der Waals surface area contributed by atoms with E-state index in [9.17, 15) is 5.11 Å². The molecule has 0 saturated carbocycles. The van der Waals surface area contributed by atoms with Crippen molar-refractivity contribution in [1.82, 2.24) is 15.0 Å². The molecule has 4 heteroatoms. The summed E-state index contributed by atoms with van der Waals surface area (Å²) in [7, 11) is 0. The maximum absolute atomic E-state index is 11.8. The van der Waals surface area contributed by atoms with Gasteiger partial charge in [-0.05, 0) is 46.6 Å². The van der Waals surface area contributed by atoms with Gasteiger partial charge < -0.3 is 5.11 Å². The van der Waals surface area contributed by atoms with Gasteiger partial charge >= 0.3 is 0 Å². The Labute approximate surface area is 197 Å². The van der Waals surface area contributed by atoms with Crippen LogP contribution in [0.5, 0.6) is 5.75 Å². The molecular weight excluding hydrogens is 406 g/mol. The van der Waals surface area contributed by atoms with Gasteiger partial charge in [0.05, 0.1) is 0 Å². The zero-order valence-electron chi connectivity index (χ0n) is 20.8. The normalized spacial score (nSPS) is 12.9. The Morgan fingerprint density at radius 3 is 1.82 bits per heavy atom. The molecule has 4 rings (SSSR count). The van der Waals surface area contributed by atoms with Crippen LogP contribution < -0.4 is 0 Å². The van der Waals surface area contributed by atoms with Crippen molar-refractivity contribution in [3.8, 4) is 11.4 Å². The number of benzene rings is 3. The van der Waals surface area contributed by atoms with E-state index < -0.39 is 0 Å². The first-order valence-electron chi connectivity index (χ1n) is 11.7. The number of fused-ring (bicyclic) bond motifs is 1. The van der Waals surface area contributed by atoms with Crippen LogP contribution in [0.15, 0.2) is 66.7 Å². The van der Waals surface area contributed by atoms with E-state index in [1.165, 1.54) is 5.56 Å². The second-order valence-corrected chi connectivity index (χ2v) is 11.4. The van der Waals surface area contributed by atoms with Crippen LogP contribution in [0.4, 0.5) is 0 Å². The molecular formula is C29H35N3O. The zero-order valence-corrected chi connectivity index (χ0v) is 20.8. The van der Waals surface area contributed by atoms with Crippen LogP contribution in [-0.2, 0) is 10.8 Å². The summed E-state index contributed by atoms with van der Waals surface area (Å²) in [6.07, 6.45) is 0.920. The standard InChI is InChI=1S/C29H35N3O/c1-27(2,3)19-28(4,5)25-21(29(6,7)20-13-9-8-10-14-20)17-18-24(26(25)33)32-30-22-15-11-12-16-23(22)31-32/h8-18,33H,19H2,1-7H3. The van der Waals surface area contributed by atoms with E-state index >= 15 is 0 Å². The fourth-order valence-corrected chi connectivity index (χ4v) is 5.34. The van der Waals surface area contributed by atoms with Gasteiger partial charge in [-0.1, -0.05) is 97.0 Å². The summed E-state index contributed by atoms with van der Waals surface area (Å²) in [6.45, 7) is 15.7. The quantitative estimate of drug-likeness (QED) is 0.357. The molecule has 4 aromatic rings. The fraction of sp³-hybridized carbons (Fsp3) is 0.379. The van der Waals surface area contributed by atoms with Crippen LogP contribution in [-0.4, -0.2) is 20.1 Å². The Bertz CT molecular complexity index is 1240. The van der Waals surface area contributed by atoms with Gasteiger partial charge in [0.1, 0.15) is 22.5 Å². The molecule has 0 aliphatic rings. The number of rotatable bonds is 5. The highest BCUT2D eigenvalue weighted by Gasteiger charge is 2.37. The van der Waals surface area contributed by atoms with E-state index in [4.69, 9.17) is 0 Å². The second-order valence-electron chi connectivity index (χ2n) is 11.4. The molecule has 4 nitrogen and oxygen atoms in total. The van der Waals surface area contributed by atoms with Gasteiger partial charge in [-0.15, -0.1) is 15.0 Å². The minimum absolute atomic E-state index is 0.0960. The lowest BCUT2D eigenvalue weighted by Crippen LogP contribution is -2.31. The smallest absolute Gasteiger partial charge is 0.147 e. The number of hydrogen-bond donors (Lipinski definition) is 1. The van der Waals surface area contributed by atoms with Crippen LogP contribution in [0.1, 0.15) is 71.6 Å². The molecule has 0 saturated heterocycles. The third-order valence-electron chi connectivity index (χ3n) is 6.48. The molecule has 0 atom stereocenters. The minimum atomic E-state index is -0.288. The number of phenols is 1. The molecule has 3 aromatic carbocycles. The van der Waals surface area contributed by atoms with E-state index in [-0.39, 0.29) is 22.0 Å². The number of nitrogens with zero attached hydrogens (tertiary/aromatic N) is 3. The fourth-order valence-electron chi connectivity index (χ4n) is 5.34. The maximum atomic E-state index is 11.8. The molecule has 0 bridgehead atoms. The highest BCUT2D eigenvalue weighted by atomic mass is 16.3. The molecule has 0 unspecified atom stereocenters. The van der Waals surface area contributed by atoms with Crippen LogP contribution in [0, 0.1) is 5.41 Å². The molecule has 0 aliphatic heterocycles. The van der Waals surface area contributed by atoms with Crippen LogP contribution >= 0.6 is 0 Å². The molecule has 0 radical (unpaired) electrons. The van der Waals surface area contributed by atoms with Gasteiger partial charge in [-0.2, -0.15) is 0 Å². The molecule has 0 aliphatic carbocycles. The average Bonchev–Trinajstić information content (AvgIpc) is 3.16. The predicted molar refractivity (Wildman–Crippen MR) is 136 cm³/mol. The van der Waals surface area contributed by atoms with Crippen LogP contribution in [0.2, 0.25) is 0 Å². The Hall–Kier alpha value is -3.14. The Balaban J connectivity index is 1.97. The number of aromatic hydroxyl groups is 1. The molecule has 33 heavy (non-hydrogen) atoms. The summed E-state index contributed by atoms with van der Waals surface area (Å²) in [4.78, 5) is 1.57. The third kappa shape index (κ3) is 4.39. The van der Waals surface area contributed by atoms with Crippen molar-refractivity contribution in [3.05, 3.63) is 83.4 Å². The summed E-state index contributed by atoms with van der Waals surface area (Å²) in [5, 5.41) is 21.1. The van der Waals surface area contributed by atoms with Gasteiger partial charge in [-0.25, -0.2) is 0 Å².